The number of benzene rings is 3. The van der Waals surface area contributed by atoms with Gasteiger partial charge in [0.05, 0.1) is 24.1 Å². The predicted octanol–water partition coefficient (Wildman–Crippen LogP) is 6.48. The summed E-state index contributed by atoms with van der Waals surface area (Å²) in [5.74, 6) is 0.821. The molecule has 0 saturated carbocycles. The third-order valence-corrected chi connectivity index (χ3v) is 6.08. The second kappa shape index (κ2) is 12.0. The van der Waals surface area contributed by atoms with Gasteiger partial charge in [-0.1, -0.05) is 53.0 Å². The first-order valence-corrected chi connectivity index (χ1v) is 11.5. The highest BCUT2D eigenvalue weighted by molar-refractivity contribution is 8.00. The summed E-state index contributed by atoms with van der Waals surface area (Å²) in [5, 5.41) is 5.60. The van der Waals surface area contributed by atoms with Crippen LogP contribution in [0.1, 0.15) is 11.1 Å². The SMILES string of the molecule is COc1cc(/C=N\NC(=O)CSc2ccc(Cl)cc2)cc(Cl)c1OCc1ccccc1Cl. The normalized spacial score (nSPS) is 10.9. The summed E-state index contributed by atoms with van der Waals surface area (Å²) in [4.78, 5) is 13.0. The molecule has 0 aromatic heterocycles. The molecule has 0 atom stereocenters. The van der Waals surface area contributed by atoms with Crippen molar-refractivity contribution in [2.45, 2.75) is 11.5 Å². The quantitative estimate of drug-likeness (QED) is 0.204. The van der Waals surface area contributed by atoms with Gasteiger partial charge in [-0.25, -0.2) is 5.43 Å². The molecule has 0 radical (unpaired) electrons. The molecule has 1 N–H and O–H groups in total. The zero-order valence-corrected chi connectivity index (χ0v) is 20.1. The average molecular weight is 510 g/mol. The molecule has 0 unspecified atom stereocenters. The second-order valence-corrected chi connectivity index (χ2v) is 8.75. The van der Waals surface area contributed by atoms with E-state index in [0.29, 0.717) is 32.1 Å². The van der Waals surface area contributed by atoms with Crippen LogP contribution in [0.15, 0.2) is 70.7 Å². The van der Waals surface area contributed by atoms with Gasteiger partial charge < -0.3 is 9.47 Å². The maximum atomic E-state index is 12.0. The van der Waals surface area contributed by atoms with Crippen LogP contribution in [0.5, 0.6) is 11.5 Å². The third kappa shape index (κ3) is 7.07. The number of carbonyl (C=O) groups is 1. The van der Waals surface area contributed by atoms with Crippen LogP contribution in [0.2, 0.25) is 15.1 Å². The molecule has 0 aliphatic carbocycles. The van der Waals surface area contributed by atoms with Gasteiger partial charge in [0.1, 0.15) is 6.61 Å². The summed E-state index contributed by atoms with van der Waals surface area (Å²) in [6.45, 7) is 0.241. The van der Waals surface area contributed by atoms with E-state index in [2.05, 4.69) is 10.5 Å². The largest absolute Gasteiger partial charge is 0.493 e. The maximum Gasteiger partial charge on any atom is 0.250 e. The van der Waals surface area contributed by atoms with Crippen LogP contribution < -0.4 is 14.9 Å². The van der Waals surface area contributed by atoms with Crippen molar-refractivity contribution in [2.24, 2.45) is 5.10 Å². The molecule has 0 heterocycles. The Hall–Kier alpha value is -2.38. The van der Waals surface area contributed by atoms with E-state index in [4.69, 9.17) is 44.3 Å². The molecule has 3 aromatic rings. The number of methoxy groups -OCH3 is 1. The Bertz CT molecular complexity index is 1110. The lowest BCUT2D eigenvalue weighted by Crippen LogP contribution is -2.19. The van der Waals surface area contributed by atoms with E-state index in [1.54, 1.807) is 30.3 Å². The molecule has 0 saturated heterocycles. The fraction of sp³-hybridized carbons (Fsp3) is 0.130. The summed E-state index contributed by atoms with van der Waals surface area (Å²) in [7, 11) is 1.52. The lowest BCUT2D eigenvalue weighted by molar-refractivity contribution is -0.118. The van der Waals surface area contributed by atoms with Crippen LogP contribution in [-0.2, 0) is 11.4 Å². The molecular weight excluding hydrogens is 491 g/mol. The maximum absolute atomic E-state index is 12.0. The Kier molecular flexibility index (Phi) is 9.11. The van der Waals surface area contributed by atoms with Crippen LogP contribution in [0.25, 0.3) is 0 Å². The highest BCUT2D eigenvalue weighted by Crippen LogP contribution is 2.37. The smallest absolute Gasteiger partial charge is 0.250 e. The Morgan fingerprint density at radius 1 is 1.06 bits per heavy atom. The third-order valence-electron chi connectivity index (χ3n) is 4.17. The van der Waals surface area contributed by atoms with E-state index in [-0.39, 0.29) is 18.3 Å². The van der Waals surface area contributed by atoms with E-state index in [9.17, 15) is 4.79 Å². The first-order valence-electron chi connectivity index (χ1n) is 9.40. The number of amides is 1. The van der Waals surface area contributed by atoms with Crippen molar-refractivity contribution in [3.05, 3.63) is 86.9 Å². The van der Waals surface area contributed by atoms with E-state index in [1.807, 2.05) is 30.3 Å². The molecule has 0 aliphatic rings. The van der Waals surface area contributed by atoms with E-state index < -0.39 is 0 Å². The molecule has 3 aromatic carbocycles. The fourth-order valence-corrected chi connectivity index (χ4v) is 3.89. The number of nitrogens with zero attached hydrogens (tertiary/aromatic N) is 1. The van der Waals surface area contributed by atoms with Gasteiger partial charge in [-0.3, -0.25) is 4.79 Å². The van der Waals surface area contributed by atoms with Crippen molar-refractivity contribution in [3.8, 4) is 11.5 Å². The van der Waals surface area contributed by atoms with Crippen LogP contribution in [0.3, 0.4) is 0 Å². The summed E-state index contributed by atoms with van der Waals surface area (Å²) < 4.78 is 11.2. The minimum absolute atomic E-state index is 0.220. The zero-order chi connectivity index (χ0) is 22.9. The topological polar surface area (TPSA) is 59.9 Å². The first-order chi connectivity index (χ1) is 15.5. The molecule has 9 heteroatoms. The number of hydrogen-bond acceptors (Lipinski definition) is 5. The van der Waals surface area contributed by atoms with Crippen LogP contribution in [0, 0.1) is 0 Å². The summed E-state index contributed by atoms with van der Waals surface area (Å²) in [5.41, 5.74) is 3.96. The fourth-order valence-electron chi connectivity index (χ4n) is 2.61. The number of halogens is 3. The Labute approximate surface area is 205 Å². The molecule has 166 valence electrons. The summed E-state index contributed by atoms with van der Waals surface area (Å²) in [6.07, 6.45) is 1.48. The van der Waals surface area contributed by atoms with Gasteiger partial charge in [0.15, 0.2) is 11.5 Å². The van der Waals surface area contributed by atoms with Crippen molar-refractivity contribution in [2.75, 3.05) is 12.9 Å². The molecule has 0 aliphatic heterocycles. The number of hydrazone groups is 1. The standard InChI is InChI=1S/C23H19Cl3N2O3S/c1-30-21-11-15(10-20(26)23(21)31-13-16-4-2-3-5-19(16)25)12-27-28-22(29)14-32-18-8-6-17(24)7-9-18/h2-12H,13-14H2,1H3,(H,28,29)/b27-12-. The number of nitrogens with one attached hydrogen (secondary N) is 1. The van der Waals surface area contributed by atoms with Gasteiger partial charge in [0.2, 0.25) is 5.91 Å². The van der Waals surface area contributed by atoms with E-state index in [0.717, 1.165) is 10.5 Å². The lowest BCUT2D eigenvalue weighted by atomic mass is 10.2. The van der Waals surface area contributed by atoms with Gasteiger partial charge in [-0.2, -0.15) is 5.10 Å². The average Bonchev–Trinajstić information content (AvgIpc) is 2.78. The van der Waals surface area contributed by atoms with Crippen LogP contribution >= 0.6 is 46.6 Å². The molecule has 0 fully saturated rings. The summed E-state index contributed by atoms with van der Waals surface area (Å²) in [6, 6.07) is 18.0. The Morgan fingerprint density at radius 3 is 2.53 bits per heavy atom. The van der Waals surface area contributed by atoms with Crippen LogP contribution in [-0.4, -0.2) is 25.0 Å². The van der Waals surface area contributed by atoms with Crippen molar-refractivity contribution in [1.82, 2.24) is 5.43 Å². The molecule has 5 nitrogen and oxygen atoms in total. The second-order valence-electron chi connectivity index (χ2n) is 6.45. The number of carbonyl (C=O) groups excluding carboxylic acids is 1. The van der Waals surface area contributed by atoms with E-state index in [1.165, 1.54) is 25.1 Å². The Morgan fingerprint density at radius 2 is 1.81 bits per heavy atom. The molecular formula is C23H19Cl3N2O3S. The minimum Gasteiger partial charge on any atom is -0.493 e. The van der Waals surface area contributed by atoms with Gasteiger partial charge >= 0.3 is 0 Å². The monoisotopic (exact) mass is 508 g/mol. The lowest BCUT2D eigenvalue weighted by Gasteiger charge is -2.14. The van der Waals surface area contributed by atoms with Crippen LogP contribution in [0.4, 0.5) is 0 Å². The van der Waals surface area contributed by atoms with Crippen molar-refractivity contribution < 1.29 is 14.3 Å². The number of rotatable bonds is 9. The number of thioether (sulfide) groups is 1. The molecule has 3 rings (SSSR count). The molecule has 32 heavy (non-hydrogen) atoms. The van der Waals surface area contributed by atoms with Crippen molar-refractivity contribution in [3.63, 3.8) is 0 Å². The van der Waals surface area contributed by atoms with Crippen molar-refractivity contribution in [1.29, 1.82) is 0 Å². The molecule has 1 amide bonds. The van der Waals surface area contributed by atoms with Gasteiger partial charge in [-0.05, 0) is 48.0 Å². The van der Waals surface area contributed by atoms with Crippen molar-refractivity contribution >= 4 is 58.7 Å². The predicted molar refractivity (Wildman–Crippen MR) is 132 cm³/mol. The van der Waals surface area contributed by atoms with E-state index >= 15 is 0 Å². The minimum atomic E-state index is -0.237. The van der Waals surface area contributed by atoms with Gasteiger partial charge in [-0.15, -0.1) is 11.8 Å². The molecule has 0 bridgehead atoms. The number of ether oxygens (including phenoxy) is 2. The Balaban J connectivity index is 1.58. The molecule has 0 spiro atoms. The van der Waals surface area contributed by atoms with Gasteiger partial charge in [0, 0.05) is 20.5 Å². The highest BCUT2D eigenvalue weighted by atomic mass is 35.5. The first kappa shape index (κ1) is 24.3. The van der Waals surface area contributed by atoms with Gasteiger partial charge in [0.25, 0.3) is 0 Å². The highest BCUT2D eigenvalue weighted by Gasteiger charge is 2.13. The number of hydrogen-bond donors (Lipinski definition) is 1. The zero-order valence-electron chi connectivity index (χ0n) is 17.0. The summed E-state index contributed by atoms with van der Waals surface area (Å²) >= 11 is 19.8.